The number of furan rings is 1. The van der Waals surface area contributed by atoms with E-state index in [2.05, 4.69) is 234 Å². The summed E-state index contributed by atoms with van der Waals surface area (Å²) < 4.78 is 11.5. The average Bonchev–Trinajstić information content (AvgIpc) is 4.07. The summed E-state index contributed by atoms with van der Waals surface area (Å²) >= 11 is 1.88. The Hall–Kier alpha value is -8.44. The molecule has 308 valence electrons. The molecule has 0 amide bonds. The Kier molecular flexibility index (Phi) is 8.15. The normalized spacial score (nSPS) is 11.9. The minimum atomic E-state index is 0.903. The van der Waals surface area contributed by atoms with Crippen molar-refractivity contribution >= 4 is 114 Å². The van der Waals surface area contributed by atoms with Crippen molar-refractivity contribution in [1.29, 1.82) is 0 Å². The SMILES string of the molecule is c1cc(-c2ccc(N(c3ccc(-c4cccc5c4oc4ccccc45)cc3)c3cc4ccccc4c4ccccc34)c3c2sc2ccccc23)cc(-n2c3ccccc3c3ccccc32)c1. The summed E-state index contributed by atoms with van der Waals surface area (Å²) in [5.41, 5.74) is 13.3. The second kappa shape index (κ2) is 14.5. The fourth-order valence-electron chi connectivity index (χ4n) is 10.6. The number of thiophene rings is 1. The van der Waals surface area contributed by atoms with Gasteiger partial charge in [0.2, 0.25) is 0 Å². The Balaban J connectivity index is 1.00. The third-order valence-corrected chi connectivity index (χ3v) is 14.8. The van der Waals surface area contributed by atoms with E-state index < -0.39 is 0 Å². The summed E-state index contributed by atoms with van der Waals surface area (Å²) in [4.78, 5) is 2.50. The van der Waals surface area contributed by atoms with Crippen LogP contribution in [0, 0.1) is 0 Å². The summed E-state index contributed by atoms with van der Waals surface area (Å²) in [6, 6.07) is 84.0. The van der Waals surface area contributed by atoms with Crippen LogP contribution in [0.25, 0.3) is 113 Å². The third-order valence-electron chi connectivity index (χ3n) is 13.6. The largest absolute Gasteiger partial charge is 0.455 e. The lowest BCUT2D eigenvalue weighted by Gasteiger charge is -2.29. The predicted molar refractivity (Wildman–Crippen MR) is 282 cm³/mol. The smallest absolute Gasteiger partial charge is 0.143 e. The quantitative estimate of drug-likeness (QED) is 0.155. The molecular weight excluding hydrogens is 821 g/mol. The molecule has 14 aromatic rings. The third kappa shape index (κ3) is 5.55. The van der Waals surface area contributed by atoms with Gasteiger partial charge in [0.05, 0.1) is 22.4 Å². The molecule has 3 nitrogen and oxygen atoms in total. The highest BCUT2D eigenvalue weighted by Gasteiger charge is 2.24. The predicted octanol–water partition coefficient (Wildman–Crippen LogP) is 18.2. The molecular formula is C62H38N2OS. The van der Waals surface area contributed by atoms with E-state index in [4.69, 9.17) is 4.42 Å². The van der Waals surface area contributed by atoms with Crippen molar-refractivity contribution in [3.8, 4) is 27.9 Å². The number of rotatable bonds is 6. The molecule has 0 bridgehead atoms. The Labute approximate surface area is 384 Å². The van der Waals surface area contributed by atoms with Crippen molar-refractivity contribution in [2.75, 3.05) is 4.90 Å². The van der Waals surface area contributed by atoms with E-state index in [9.17, 15) is 0 Å². The maximum Gasteiger partial charge on any atom is 0.143 e. The van der Waals surface area contributed by atoms with Crippen LogP contribution in [-0.2, 0) is 0 Å². The molecule has 0 aliphatic carbocycles. The molecule has 14 rings (SSSR count). The maximum absolute atomic E-state index is 6.53. The lowest BCUT2D eigenvalue weighted by molar-refractivity contribution is 0.670. The van der Waals surface area contributed by atoms with Gasteiger partial charge in [-0.3, -0.25) is 0 Å². The molecule has 0 radical (unpaired) electrons. The van der Waals surface area contributed by atoms with Crippen LogP contribution in [-0.4, -0.2) is 4.57 Å². The average molecular weight is 859 g/mol. The van der Waals surface area contributed by atoms with Crippen molar-refractivity contribution in [3.63, 3.8) is 0 Å². The van der Waals surface area contributed by atoms with Gasteiger partial charge in [-0.25, -0.2) is 0 Å². The minimum Gasteiger partial charge on any atom is -0.455 e. The van der Waals surface area contributed by atoms with Crippen LogP contribution in [0.1, 0.15) is 0 Å². The summed E-state index contributed by atoms with van der Waals surface area (Å²) in [5, 5.41) is 12.1. The molecule has 0 atom stereocenters. The van der Waals surface area contributed by atoms with Gasteiger partial charge in [-0.1, -0.05) is 170 Å². The van der Waals surface area contributed by atoms with Crippen molar-refractivity contribution in [3.05, 3.63) is 231 Å². The van der Waals surface area contributed by atoms with Crippen molar-refractivity contribution in [1.82, 2.24) is 4.57 Å². The van der Waals surface area contributed by atoms with Crippen LogP contribution in [0.5, 0.6) is 0 Å². The maximum atomic E-state index is 6.53. The highest BCUT2D eigenvalue weighted by atomic mass is 32.1. The fraction of sp³-hybridized carbons (Fsp3) is 0. The molecule has 0 saturated heterocycles. The van der Waals surface area contributed by atoms with Gasteiger partial charge in [-0.05, 0) is 93.5 Å². The Morgan fingerprint density at radius 1 is 0.394 bits per heavy atom. The number of para-hydroxylation sites is 4. The molecule has 3 aromatic heterocycles. The molecule has 0 saturated carbocycles. The standard InChI is InChI=1S/C62H38N2OS/c1-2-18-44-41(15-1)38-57(48-20-4-3-19-47(44)48)63(42-33-31-39(32-34-42)45-25-14-26-52-51-23-7-11-29-58(51)65-61(45)52)56-36-35-46(62-60(56)53-24-8-12-30-59(53)66-62)40-16-13-17-43(37-40)64-54-27-9-5-21-49(54)50-22-6-10-28-55(50)64/h1-38H. The number of hydrogen-bond donors (Lipinski definition) is 0. The second-order valence-electron chi connectivity index (χ2n) is 17.2. The first-order chi connectivity index (χ1) is 32.7. The van der Waals surface area contributed by atoms with Crippen molar-refractivity contribution in [2.45, 2.75) is 0 Å². The topological polar surface area (TPSA) is 21.3 Å². The number of anilines is 3. The first kappa shape index (κ1) is 37.0. The van der Waals surface area contributed by atoms with E-state index >= 15 is 0 Å². The van der Waals surface area contributed by atoms with E-state index in [1.54, 1.807) is 0 Å². The molecule has 11 aromatic carbocycles. The second-order valence-corrected chi connectivity index (χ2v) is 18.2. The van der Waals surface area contributed by atoms with Gasteiger partial charge in [0, 0.05) is 64.0 Å². The van der Waals surface area contributed by atoms with Crippen LogP contribution in [0.4, 0.5) is 17.1 Å². The number of nitrogens with zero attached hydrogens (tertiary/aromatic N) is 2. The summed E-state index contributed by atoms with van der Waals surface area (Å²) in [6.45, 7) is 0. The molecule has 4 heteroatoms. The van der Waals surface area contributed by atoms with Gasteiger partial charge >= 0.3 is 0 Å². The van der Waals surface area contributed by atoms with Crippen molar-refractivity contribution in [2.24, 2.45) is 0 Å². The van der Waals surface area contributed by atoms with Gasteiger partial charge in [0.25, 0.3) is 0 Å². The number of hydrogen-bond acceptors (Lipinski definition) is 3. The number of benzene rings is 11. The van der Waals surface area contributed by atoms with Gasteiger partial charge < -0.3 is 13.9 Å². The van der Waals surface area contributed by atoms with E-state index in [0.29, 0.717) is 0 Å². The lowest BCUT2D eigenvalue weighted by atomic mass is 9.96. The molecule has 0 aliphatic heterocycles. The Morgan fingerprint density at radius 3 is 1.83 bits per heavy atom. The summed E-state index contributed by atoms with van der Waals surface area (Å²) in [5.74, 6) is 0. The van der Waals surface area contributed by atoms with Crippen LogP contribution < -0.4 is 4.90 Å². The zero-order chi connectivity index (χ0) is 43.3. The molecule has 0 unspecified atom stereocenters. The number of fused-ring (bicyclic) bond motifs is 12. The number of aromatic nitrogens is 1. The Morgan fingerprint density at radius 2 is 1.03 bits per heavy atom. The van der Waals surface area contributed by atoms with Gasteiger partial charge in [0.1, 0.15) is 11.2 Å². The van der Waals surface area contributed by atoms with Gasteiger partial charge in [-0.15, -0.1) is 11.3 Å². The van der Waals surface area contributed by atoms with Gasteiger partial charge in [0.15, 0.2) is 0 Å². The van der Waals surface area contributed by atoms with Crippen molar-refractivity contribution < 1.29 is 4.42 Å². The van der Waals surface area contributed by atoms with E-state index in [-0.39, 0.29) is 0 Å². The zero-order valence-electron chi connectivity index (χ0n) is 35.7. The summed E-state index contributed by atoms with van der Waals surface area (Å²) in [6.07, 6.45) is 0. The van der Waals surface area contributed by atoms with E-state index in [1.807, 2.05) is 17.4 Å². The lowest BCUT2D eigenvalue weighted by Crippen LogP contribution is -2.11. The first-order valence-corrected chi connectivity index (χ1v) is 23.3. The zero-order valence-corrected chi connectivity index (χ0v) is 36.5. The highest BCUT2D eigenvalue weighted by molar-refractivity contribution is 7.26. The molecule has 66 heavy (non-hydrogen) atoms. The van der Waals surface area contributed by atoms with Crippen LogP contribution in [0.2, 0.25) is 0 Å². The molecule has 3 heterocycles. The molecule has 0 aliphatic rings. The van der Waals surface area contributed by atoms with Gasteiger partial charge in [-0.2, -0.15) is 0 Å². The van der Waals surface area contributed by atoms with Crippen LogP contribution >= 0.6 is 11.3 Å². The van der Waals surface area contributed by atoms with Crippen LogP contribution in [0.3, 0.4) is 0 Å². The van der Waals surface area contributed by atoms with Crippen LogP contribution in [0.15, 0.2) is 235 Å². The fourth-order valence-corrected chi connectivity index (χ4v) is 11.9. The highest BCUT2D eigenvalue weighted by Crippen LogP contribution is 2.51. The minimum absolute atomic E-state index is 0.903. The van der Waals surface area contributed by atoms with E-state index in [0.717, 1.165) is 55.8 Å². The monoisotopic (exact) mass is 858 g/mol. The first-order valence-electron chi connectivity index (χ1n) is 22.5. The summed E-state index contributed by atoms with van der Waals surface area (Å²) in [7, 11) is 0. The molecule has 0 N–H and O–H groups in total. The Bertz CT molecular complexity index is 4190. The molecule has 0 spiro atoms. The van der Waals surface area contributed by atoms with E-state index in [1.165, 1.54) is 74.6 Å². The molecule has 0 fully saturated rings.